The highest BCUT2D eigenvalue weighted by atomic mass is 16.3. The van der Waals surface area contributed by atoms with E-state index in [1.54, 1.807) is 11.1 Å². The molecule has 6 nitrogen and oxygen atoms in total. The summed E-state index contributed by atoms with van der Waals surface area (Å²) < 4.78 is 1.83. The van der Waals surface area contributed by atoms with Gasteiger partial charge in [-0.1, -0.05) is 38.1 Å². The van der Waals surface area contributed by atoms with E-state index in [0.29, 0.717) is 38.5 Å². The molecule has 2 N–H and O–H groups in total. The van der Waals surface area contributed by atoms with Crippen molar-refractivity contribution in [2.45, 2.75) is 51.3 Å². The number of carbonyl (C=O) groups is 1. The number of carbonyl (C=O) groups excluding carboxylic acids is 1. The summed E-state index contributed by atoms with van der Waals surface area (Å²) in [5.41, 5.74) is 1.07. The zero-order valence-electron chi connectivity index (χ0n) is 16.3. The highest BCUT2D eigenvalue weighted by Gasteiger charge is 2.41. The van der Waals surface area contributed by atoms with E-state index in [0.717, 1.165) is 12.0 Å². The quantitative estimate of drug-likeness (QED) is 0.699. The Hall–Kier alpha value is -2.18. The van der Waals surface area contributed by atoms with Gasteiger partial charge in [-0.05, 0) is 36.0 Å². The Balaban J connectivity index is 1.53. The second kappa shape index (κ2) is 8.67. The first-order chi connectivity index (χ1) is 13.0. The molecule has 1 aromatic heterocycles. The van der Waals surface area contributed by atoms with Gasteiger partial charge in [-0.25, -0.2) is 0 Å². The van der Waals surface area contributed by atoms with Gasteiger partial charge in [0.15, 0.2) is 5.60 Å². The van der Waals surface area contributed by atoms with E-state index in [4.69, 9.17) is 0 Å². The molecule has 1 atom stereocenters. The molecule has 0 aliphatic carbocycles. The van der Waals surface area contributed by atoms with Crippen molar-refractivity contribution in [1.29, 1.82) is 0 Å². The number of nitrogens with zero attached hydrogens (tertiary/aromatic N) is 3. The van der Waals surface area contributed by atoms with Crippen molar-refractivity contribution in [1.82, 2.24) is 20.0 Å². The smallest absolute Gasteiger partial charge is 0.256 e. The first kappa shape index (κ1) is 19.6. The second-order valence-corrected chi connectivity index (χ2v) is 7.70. The third kappa shape index (κ3) is 4.96. The molecular formula is C21H30N4O2. The molecule has 1 aliphatic heterocycles. The van der Waals surface area contributed by atoms with Gasteiger partial charge in [-0.2, -0.15) is 5.10 Å². The van der Waals surface area contributed by atoms with Crippen molar-refractivity contribution in [3.05, 3.63) is 53.9 Å². The Labute approximate surface area is 161 Å². The van der Waals surface area contributed by atoms with Crippen LogP contribution in [0.3, 0.4) is 0 Å². The van der Waals surface area contributed by atoms with Crippen molar-refractivity contribution in [2.24, 2.45) is 0 Å². The molecule has 0 spiro atoms. The summed E-state index contributed by atoms with van der Waals surface area (Å²) in [6, 6.07) is 10.3. The Morgan fingerprint density at radius 2 is 2.07 bits per heavy atom. The maximum atomic E-state index is 12.9. The molecule has 0 saturated carbocycles. The molecule has 1 amide bonds. The molecule has 1 saturated heterocycles. The molecule has 27 heavy (non-hydrogen) atoms. The van der Waals surface area contributed by atoms with Gasteiger partial charge in [0, 0.05) is 38.6 Å². The second-order valence-electron chi connectivity index (χ2n) is 7.70. The predicted octanol–water partition coefficient (Wildman–Crippen LogP) is 2.15. The third-order valence-corrected chi connectivity index (χ3v) is 5.22. The first-order valence-electron chi connectivity index (χ1n) is 9.77. The van der Waals surface area contributed by atoms with Crippen LogP contribution in [0, 0.1) is 0 Å². The fraction of sp³-hybridized carbons (Fsp3) is 0.524. The van der Waals surface area contributed by atoms with Crippen molar-refractivity contribution in [3.63, 3.8) is 0 Å². The van der Waals surface area contributed by atoms with Crippen LogP contribution in [0.15, 0.2) is 42.7 Å². The summed E-state index contributed by atoms with van der Waals surface area (Å²) in [6.45, 7) is 7.23. The van der Waals surface area contributed by atoms with Crippen LogP contribution < -0.4 is 5.32 Å². The molecule has 0 bridgehead atoms. The van der Waals surface area contributed by atoms with Crippen LogP contribution in [-0.4, -0.2) is 50.9 Å². The summed E-state index contributed by atoms with van der Waals surface area (Å²) in [5, 5.41) is 18.2. The van der Waals surface area contributed by atoms with E-state index in [2.05, 4.69) is 48.5 Å². The monoisotopic (exact) mass is 370 g/mol. The minimum atomic E-state index is -1.32. The van der Waals surface area contributed by atoms with Gasteiger partial charge >= 0.3 is 0 Å². The predicted molar refractivity (Wildman–Crippen MR) is 105 cm³/mol. The number of benzene rings is 1. The lowest BCUT2D eigenvalue weighted by Crippen LogP contribution is -2.57. The van der Waals surface area contributed by atoms with E-state index in [9.17, 15) is 9.90 Å². The molecule has 0 radical (unpaired) electrons. The van der Waals surface area contributed by atoms with Crippen LogP contribution >= 0.6 is 0 Å². The first-order valence-corrected chi connectivity index (χ1v) is 9.77. The van der Waals surface area contributed by atoms with Gasteiger partial charge in [0.25, 0.3) is 5.91 Å². The zero-order valence-corrected chi connectivity index (χ0v) is 16.3. The normalized spacial score (nSPS) is 20.4. The van der Waals surface area contributed by atoms with Gasteiger partial charge in [0.2, 0.25) is 0 Å². The van der Waals surface area contributed by atoms with Crippen molar-refractivity contribution in [3.8, 4) is 0 Å². The van der Waals surface area contributed by atoms with Gasteiger partial charge in [0.05, 0.1) is 6.54 Å². The summed E-state index contributed by atoms with van der Waals surface area (Å²) in [6.07, 6.45) is 4.95. The van der Waals surface area contributed by atoms with Crippen LogP contribution in [0.5, 0.6) is 0 Å². The Morgan fingerprint density at radius 3 is 2.74 bits per heavy atom. The average molecular weight is 370 g/mol. The average Bonchev–Trinajstić information content (AvgIpc) is 3.17. The lowest BCUT2D eigenvalue weighted by Gasteiger charge is -2.38. The van der Waals surface area contributed by atoms with E-state index >= 15 is 0 Å². The molecule has 2 heterocycles. The van der Waals surface area contributed by atoms with Crippen LogP contribution in [0.1, 0.15) is 43.7 Å². The topological polar surface area (TPSA) is 70.4 Å². The highest BCUT2D eigenvalue weighted by molar-refractivity contribution is 5.86. The number of aromatic nitrogens is 2. The summed E-state index contributed by atoms with van der Waals surface area (Å²) >= 11 is 0. The van der Waals surface area contributed by atoms with E-state index in [1.807, 2.05) is 16.9 Å². The molecule has 1 aromatic carbocycles. The lowest BCUT2D eigenvalue weighted by molar-refractivity contribution is -0.157. The standard InChI is InChI=1S/C21H30N4O2/c1-17(2)19-7-5-18(6-8-19)15-24-12-3-9-21(27,20(24)26)16-22-11-14-25-13-4-10-23-25/h4-8,10,13,17,22,27H,3,9,11-12,14-16H2,1-2H3/t21-/m1/s1. The number of aliphatic hydroxyl groups is 1. The molecule has 2 aromatic rings. The van der Waals surface area contributed by atoms with Gasteiger partial charge in [-0.3, -0.25) is 9.48 Å². The lowest BCUT2D eigenvalue weighted by atomic mass is 9.91. The number of nitrogens with one attached hydrogen (secondary N) is 1. The Morgan fingerprint density at radius 1 is 1.30 bits per heavy atom. The van der Waals surface area contributed by atoms with Crippen LogP contribution in [0.2, 0.25) is 0 Å². The number of hydrogen-bond donors (Lipinski definition) is 2. The SMILES string of the molecule is CC(C)c1ccc(CN2CCC[C@@](O)(CNCCn3cccn3)C2=O)cc1. The van der Waals surface area contributed by atoms with Crippen LogP contribution in [0.4, 0.5) is 0 Å². The Kier molecular flexibility index (Phi) is 6.29. The van der Waals surface area contributed by atoms with E-state index in [1.165, 1.54) is 5.56 Å². The Bertz CT molecular complexity index is 727. The van der Waals surface area contributed by atoms with E-state index < -0.39 is 5.60 Å². The molecule has 1 aliphatic rings. The summed E-state index contributed by atoms with van der Waals surface area (Å²) in [7, 11) is 0. The molecule has 1 fully saturated rings. The molecular weight excluding hydrogens is 340 g/mol. The van der Waals surface area contributed by atoms with Gasteiger partial charge in [0.1, 0.15) is 0 Å². The number of amides is 1. The minimum Gasteiger partial charge on any atom is -0.379 e. The van der Waals surface area contributed by atoms with Crippen molar-refractivity contribution < 1.29 is 9.90 Å². The minimum absolute atomic E-state index is 0.173. The molecule has 146 valence electrons. The third-order valence-electron chi connectivity index (χ3n) is 5.22. The van der Waals surface area contributed by atoms with Crippen molar-refractivity contribution in [2.75, 3.05) is 19.6 Å². The summed E-state index contributed by atoms with van der Waals surface area (Å²) in [5.74, 6) is 0.321. The van der Waals surface area contributed by atoms with Gasteiger partial charge < -0.3 is 15.3 Å². The number of likely N-dealkylation sites (tertiary alicyclic amines) is 1. The summed E-state index contributed by atoms with van der Waals surface area (Å²) in [4.78, 5) is 14.6. The maximum absolute atomic E-state index is 12.9. The van der Waals surface area contributed by atoms with Crippen molar-refractivity contribution >= 4 is 5.91 Å². The largest absolute Gasteiger partial charge is 0.379 e. The van der Waals surface area contributed by atoms with Crippen LogP contribution in [0.25, 0.3) is 0 Å². The molecule has 3 rings (SSSR count). The fourth-order valence-electron chi connectivity index (χ4n) is 3.53. The molecule has 6 heteroatoms. The maximum Gasteiger partial charge on any atom is 0.256 e. The highest BCUT2D eigenvalue weighted by Crippen LogP contribution is 2.24. The number of rotatable bonds is 8. The number of piperidine rings is 1. The van der Waals surface area contributed by atoms with Gasteiger partial charge in [-0.15, -0.1) is 0 Å². The van der Waals surface area contributed by atoms with E-state index in [-0.39, 0.29) is 12.5 Å². The van der Waals surface area contributed by atoms with Crippen LogP contribution in [-0.2, 0) is 17.9 Å². The zero-order chi connectivity index (χ0) is 19.3. The number of hydrogen-bond acceptors (Lipinski definition) is 4. The fourth-order valence-corrected chi connectivity index (χ4v) is 3.53. The molecule has 0 unspecified atom stereocenters.